The number of hydrogen-bond acceptors (Lipinski definition) is 5. The van der Waals surface area contributed by atoms with Gasteiger partial charge in [-0.2, -0.15) is 0 Å². The van der Waals surface area contributed by atoms with Gasteiger partial charge in [-0.3, -0.25) is 9.59 Å². The average molecular weight is 1170 g/mol. The quantitative estimate of drug-likeness (QED) is 0.0320. The molecular formula is C77H149NO5. The third kappa shape index (κ3) is 69.3. The van der Waals surface area contributed by atoms with Gasteiger partial charge in [0.2, 0.25) is 5.91 Å². The van der Waals surface area contributed by atoms with Crippen LogP contribution in [0.25, 0.3) is 0 Å². The number of amides is 1. The first kappa shape index (κ1) is 81.3. The van der Waals surface area contributed by atoms with E-state index < -0.39 is 12.1 Å². The zero-order valence-electron chi connectivity index (χ0n) is 56.5. The minimum Gasteiger partial charge on any atom is -0.466 e. The highest BCUT2D eigenvalue weighted by Gasteiger charge is 2.18. The molecule has 0 aliphatic carbocycles. The second-order valence-corrected chi connectivity index (χ2v) is 26.3. The summed E-state index contributed by atoms with van der Waals surface area (Å²) < 4.78 is 5.51. The maximum Gasteiger partial charge on any atom is 0.305 e. The van der Waals surface area contributed by atoms with Gasteiger partial charge in [-0.25, -0.2) is 0 Å². The molecule has 0 bridgehead atoms. The average Bonchev–Trinajstić information content (AvgIpc) is 3.49. The molecule has 0 aromatic carbocycles. The van der Waals surface area contributed by atoms with Crippen molar-refractivity contribution in [3.05, 3.63) is 24.3 Å². The summed E-state index contributed by atoms with van der Waals surface area (Å²) in [4.78, 5) is 24.5. The molecule has 0 spiro atoms. The molecule has 492 valence electrons. The number of nitrogens with one attached hydrogen (secondary N) is 1. The molecule has 2 unspecified atom stereocenters. The molecule has 0 aromatic rings. The summed E-state index contributed by atoms with van der Waals surface area (Å²) in [6.45, 7) is 4.94. The molecule has 0 aliphatic rings. The van der Waals surface area contributed by atoms with Crippen molar-refractivity contribution in [2.75, 3.05) is 13.2 Å². The van der Waals surface area contributed by atoms with Crippen LogP contribution in [0.3, 0.4) is 0 Å². The topological polar surface area (TPSA) is 95.9 Å². The van der Waals surface area contributed by atoms with Gasteiger partial charge in [-0.15, -0.1) is 0 Å². The Kier molecular flexibility index (Phi) is 71.4. The highest BCUT2D eigenvalue weighted by molar-refractivity contribution is 5.76. The van der Waals surface area contributed by atoms with Crippen LogP contribution in [-0.4, -0.2) is 47.4 Å². The minimum atomic E-state index is -0.840. The number of allylic oxidation sites excluding steroid dienone is 3. The number of aliphatic hydroxyl groups excluding tert-OH is 2. The Bertz CT molecular complexity index is 1300. The summed E-state index contributed by atoms with van der Waals surface area (Å²) >= 11 is 0. The van der Waals surface area contributed by atoms with Gasteiger partial charge >= 0.3 is 5.97 Å². The van der Waals surface area contributed by atoms with E-state index in [9.17, 15) is 19.8 Å². The molecular weight excluding hydrogens is 1020 g/mol. The van der Waals surface area contributed by atoms with E-state index >= 15 is 0 Å². The molecule has 0 heterocycles. The molecule has 6 heteroatoms. The third-order valence-corrected chi connectivity index (χ3v) is 18.0. The summed E-state index contributed by atoms with van der Waals surface area (Å²) in [5, 5.41) is 23.1. The number of ether oxygens (including phenoxy) is 1. The lowest BCUT2D eigenvalue weighted by Gasteiger charge is -2.20. The van der Waals surface area contributed by atoms with Gasteiger partial charge in [-0.05, 0) is 57.8 Å². The molecule has 0 aromatic heterocycles. The van der Waals surface area contributed by atoms with Crippen LogP contribution in [0, 0.1) is 0 Å². The molecule has 0 rings (SSSR count). The van der Waals surface area contributed by atoms with Gasteiger partial charge in [0.15, 0.2) is 0 Å². The lowest BCUT2D eigenvalue weighted by molar-refractivity contribution is -0.143. The normalized spacial score (nSPS) is 12.6. The number of aliphatic hydroxyl groups is 2. The van der Waals surface area contributed by atoms with Crippen molar-refractivity contribution in [1.82, 2.24) is 5.32 Å². The molecule has 0 saturated carbocycles. The first-order valence-electron chi connectivity index (χ1n) is 38.1. The Balaban J connectivity index is 3.30. The van der Waals surface area contributed by atoms with Crippen molar-refractivity contribution in [2.45, 2.75) is 443 Å². The molecule has 1 amide bonds. The summed E-state index contributed by atoms with van der Waals surface area (Å²) in [5.74, 6) is -0.0363. The van der Waals surface area contributed by atoms with E-state index in [-0.39, 0.29) is 18.5 Å². The number of esters is 1. The lowest BCUT2D eigenvalue weighted by Crippen LogP contribution is -2.45. The van der Waals surface area contributed by atoms with E-state index in [2.05, 4.69) is 31.3 Å². The summed E-state index contributed by atoms with van der Waals surface area (Å²) in [6.07, 6.45) is 93.1. The lowest BCUT2D eigenvalue weighted by atomic mass is 10.0. The fourth-order valence-corrected chi connectivity index (χ4v) is 12.2. The molecule has 3 N–H and O–H groups in total. The maximum atomic E-state index is 12.5. The monoisotopic (exact) mass is 1170 g/mol. The van der Waals surface area contributed by atoms with Crippen LogP contribution in [0.5, 0.6) is 0 Å². The van der Waals surface area contributed by atoms with Crippen molar-refractivity contribution in [2.24, 2.45) is 0 Å². The van der Waals surface area contributed by atoms with Gasteiger partial charge in [0.25, 0.3) is 0 Å². The van der Waals surface area contributed by atoms with Gasteiger partial charge in [-0.1, -0.05) is 385 Å². The fourth-order valence-electron chi connectivity index (χ4n) is 12.2. The first-order chi connectivity index (χ1) is 41.0. The summed E-state index contributed by atoms with van der Waals surface area (Å²) in [7, 11) is 0. The second kappa shape index (κ2) is 72.8. The predicted octanol–water partition coefficient (Wildman–Crippen LogP) is 24.9. The van der Waals surface area contributed by atoms with Gasteiger partial charge in [0.05, 0.1) is 25.4 Å². The summed E-state index contributed by atoms with van der Waals surface area (Å²) in [5.41, 5.74) is 0. The highest BCUT2D eigenvalue weighted by atomic mass is 16.5. The standard InChI is InChI=1S/C77H149NO5/c1-3-5-7-9-11-13-15-17-43-47-51-55-59-63-67-71-77(82)83-72-68-64-60-56-52-48-45-42-40-38-36-34-32-30-28-26-24-22-20-18-19-21-23-25-27-29-31-33-35-37-39-41-44-46-50-54-58-62-66-70-76(81)78-74(73-79)75(80)69-65-61-57-53-49-16-14-12-10-8-6-4-2/h18-19,65,69,74-75,79-80H,3-17,20-64,66-68,70-73H2,1-2H3,(H,78,81)/b19-18-,69-65+. The van der Waals surface area contributed by atoms with E-state index in [1.165, 1.54) is 366 Å². The fraction of sp³-hybridized carbons (Fsp3) is 0.922. The van der Waals surface area contributed by atoms with E-state index in [4.69, 9.17) is 4.74 Å². The molecule has 0 fully saturated rings. The zero-order chi connectivity index (χ0) is 59.9. The van der Waals surface area contributed by atoms with Crippen LogP contribution in [-0.2, 0) is 14.3 Å². The molecule has 0 radical (unpaired) electrons. The SMILES string of the molecule is CCCCCCCCCCCC/C=C/C(O)C(CO)NC(=O)CCCCCCCCCCCCCCCCCCC/C=C\CCCCCCCCCCCCCCCCCCCCOC(=O)CCCCCCCCCCCCCCCCC. The number of carbonyl (C=O) groups excluding carboxylic acids is 2. The zero-order valence-corrected chi connectivity index (χ0v) is 56.5. The van der Waals surface area contributed by atoms with Gasteiger partial charge in [0, 0.05) is 12.8 Å². The highest BCUT2D eigenvalue weighted by Crippen LogP contribution is 2.19. The number of hydrogen-bond donors (Lipinski definition) is 3. The predicted molar refractivity (Wildman–Crippen MR) is 366 cm³/mol. The van der Waals surface area contributed by atoms with Crippen molar-refractivity contribution in [3.8, 4) is 0 Å². The maximum absolute atomic E-state index is 12.5. The smallest absolute Gasteiger partial charge is 0.305 e. The second-order valence-electron chi connectivity index (χ2n) is 26.3. The third-order valence-electron chi connectivity index (χ3n) is 18.0. The van der Waals surface area contributed by atoms with Crippen molar-refractivity contribution in [3.63, 3.8) is 0 Å². The van der Waals surface area contributed by atoms with Crippen LogP contribution < -0.4 is 5.32 Å². The van der Waals surface area contributed by atoms with E-state index in [0.717, 1.165) is 38.5 Å². The molecule has 83 heavy (non-hydrogen) atoms. The van der Waals surface area contributed by atoms with E-state index in [0.29, 0.717) is 19.4 Å². The van der Waals surface area contributed by atoms with E-state index in [1.54, 1.807) is 6.08 Å². The Morgan fingerprint density at radius 3 is 0.855 bits per heavy atom. The van der Waals surface area contributed by atoms with Gasteiger partial charge < -0.3 is 20.3 Å². The molecule has 0 aliphatic heterocycles. The van der Waals surface area contributed by atoms with Crippen molar-refractivity contribution < 1.29 is 24.5 Å². The van der Waals surface area contributed by atoms with Crippen LogP contribution in [0.2, 0.25) is 0 Å². The molecule has 0 saturated heterocycles. The number of rotatable bonds is 72. The number of carbonyl (C=O) groups is 2. The van der Waals surface area contributed by atoms with Crippen LogP contribution in [0.15, 0.2) is 24.3 Å². The first-order valence-corrected chi connectivity index (χ1v) is 38.1. The van der Waals surface area contributed by atoms with Gasteiger partial charge in [0.1, 0.15) is 0 Å². The van der Waals surface area contributed by atoms with Crippen LogP contribution in [0.4, 0.5) is 0 Å². The van der Waals surface area contributed by atoms with Crippen molar-refractivity contribution >= 4 is 11.9 Å². The Labute approximate surface area is 520 Å². The Hall–Kier alpha value is -1.66. The minimum absolute atomic E-state index is 0.0259. The number of unbranched alkanes of at least 4 members (excludes halogenated alkanes) is 59. The Morgan fingerprint density at radius 2 is 0.566 bits per heavy atom. The Morgan fingerprint density at radius 1 is 0.325 bits per heavy atom. The van der Waals surface area contributed by atoms with Crippen LogP contribution in [0.1, 0.15) is 431 Å². The molecule has 6 nitrogen and oxygen atoms in total. The largest absolute Gasteiger partial charge is 0.466 e. The van der Waals surface area contributed by atoms with Crippen LogP contribution >= 0.6 is 0 Å². The van der Waals surface area contributed by atoms with Crippen molar-refractivity contribution in [1.29, 1.82) is 0 Å². The molecule has 2 atom stereocenters. The van der Waals surface area contributed by atoms with E-state index in [1.807, 2.05) is 6.08 Å². The summed E-state index contributed by atoms with van der Waals surface area (Å²) in [6, 6.07) is -0.623.